The van der Waals surface area contributed by atoms with Crippen LogP contribution in [0, 0.1) is 0 Å². The number of rotatable bonds is 6. The summed E-state index contributed by atoms with van der Waals surface area (Å²) in [4.78, 5) is 10.4. The van der Waals surface area contributed by atoms with E-state index in [4.69, 9.17) is 9.98 Å². The van der Waals surface area contributed by atoms with Gasteiger partial charge in [0.1, 0.15) is 12.0 Å². The highest BCUT2D eigenvalue weighted by Crippen LogP contribution is 2.44. The molecule has 0 radical (unpaired) electrons. The maximum Gasteiger partial charge on any atom is 0.159 e. The van der Waals surface area contributed by atoms with Crippen LogP contribution in [0.5, 0.6) is 0 Å². The van der Waals surface area contributed by atoms with Crippen molar-refractivity contribution in [2.45, 2.75) is 6.17 Å². The average Bonchev–Trinajstić information content (AvgIpc) is 3.85. The van der Waals surface area contributed by atoms with Crippen LogP contribution in [0.1, 0.15) is 22.9 Å². The van der Waals surface area contributed by atoms with Crippen molar-refractivity contribution in [2.24, 2.45) is 9.98 Å². The molecule has 2 aromatic heterocycles. The monoisotopic (exact) mass is 751 g/mol. The minimum absolute atomic E-state index is 0.297. The van der Waals surface area contributed by atoms with Crippen molar-refractivity contribution in [3.8, 4) is 33.4 Å². The fourth-order valence-electron chi connectivity index (χ4n) is 8.02. The minimum Gasteiger partial charge on any atom is -0.344 e. The van der Waals surface area contributed by atoms with Gasteiger partial charge < -0.3 is 5.32 Å². The number of fused-ring (bicyclic) bond motifs is 6. The first kappa shape index (κ1) is 32.7. The molecular weight excluding hydrogens is 719 g/mol. The lowest BCUT2D eigenvalue weighted by atomic mass is 9.93. The Balaban J connectivity index is 1.01. The first-order valence-corrected chi connectivity index (χ1v) is 20.5. The molecular formula is C51H33N3S2. The molecule has 0 aliphatic carbocycles. The van der Waals surface area contributed by atoms with Crippen LogP contribution in [0.15, 0.2) is 198 Å². The highest BCUT2D eigenvalue weighted by Gasteiger charge is 2.22. The third kappa shape index (κ3) is 5.72. The molecule has 1 aliphatic heterocycles. The van der Waals surface area contributed by atoms with Crippen molar-refractivity contribution in [3.05, 3.63) is 205 Å². The summed E-state index contributed by atoms with van der Waals surface area (Å²) in [6.45, 7) is 0. The highest BCUT2D eigenvalue weighted by atomic mass is 32.1. The van der Waals surface area contributed by atoms with E-state index in [-0.39, 0.29) is 6.17 Å². The Bertz CT molecular complexity index is 3170. The average molecular weight is 752 g/mol. The van der Waals surface area contributed by atoms with E-state index in [0.717, 1.165) is 33.9 Å². The van der Waals surface area contributed by atoms with Crippen LogP contribution in [0.3, 0.4) is 0 Å². The largest absolute Gasteiger partial charge is 0.344 e. The summed E-state index contributed by atoms with van der Waals surface area (Å²) in [6, 6.07) is 67.4. The van der Waals surface area contributed by atoms with Crippen molar-refractivity contribution in [3.63, 3.8) is 0 Å². The zero-order valence-corrected chi connectivity index (χ0v) is 31.8. The summed E-state index contributed by atoms with van der Waals surface area (Å²) in [5, 5.41) is 8.80. The van der Waals surface area contributed by atoms with E-state index in [1.54, 1.807) is 0 Å². The Hall–Kier alpha value is -6.66. The molecule has 1 atom stereocenters. The maximum absolute atomic E-state index is 5.26. The topological polar surface area (TPSA) is 36.8 Å². The molecule has 8 aromatic carbocycles. The predicted molar refractivity (Wildman–Crippen MR) is 240 cm³/mol. The number of nitrogens with zero attached hydrogens (tertiary/aromatic N) is 2. The molecule has 5 heteroatoms. The number of hydrogen-bond acceptors (Lipinski definition) is 5. The Kier molecular flexibility index (Phi) is 7.94. The van der Waals surface area contributed by atoms with Gasteiger partial charge in [-0.15, -0.1) is 22.7 Å². The first-order chi connectivity index (χ1) is 27.7. The zero-order chi connectivity index (χ0) is 37.0. The summed E-state index contributed by atoms with van der Waals surface area (Å²) in [6.07, 6.45) is -0.297. The third-order valence-corrected chi connectivity index (χ3v) is 13.1. The number of amidine groups is 2. The van der Waals surface area contributed by atoms with Crippen LogP contribution in [0.25, 0.3) is 73.7 Å². The third-order valence-electron chi connectivity index (χ3n) is 10.8. The van der Waals surface area contributed by atoms with E-state index < -0.39 is 0 Å². The van der Waals surface area contributed by atoms with Crippen molar-refractivity contribution in [1.82, 2.24) is 5.32 Å². The molecule has 1 N–H and O–H groups in total. The van der Waals surface area contributed by atoms with Gasteiger partial charge in [0.05, 0.1) is 0 Å². The molecule has 3 nitrogen and oxygen atoms in total. The van der Waals surface area contributed by atoms with Gasteiger partial charge in [-0.3, -0.25) is 0 Å². The molecule has 11 rings (SSSR count). The van der Waals surface area contributed by atoms with Crippen LogP contribution >= 0.6 is 22.7 Å². The lowest BCUT2D eigenvalue weighted by molar-refractivity contribution is 0.674. The van der Waals surface area contributed by atoms with E-state index in [9.17, 15) is 0 Å². The van der Waals surface area contributed by atoms with Crippen LogP contribution in [0.4, 0.5) is 0 Å². The number of hydrogen-bond donors (Lipinski definition) is 1. The number of thiophene rings is 2. The second-order valence-electron chi connectivity index (χ2n) is 14.2. The van der Waals surface area contributed by atoms with Gasteiger partial charge in [0.15, 0.2) is 5.84 Å². The van der Waals surface area contributed by atoms with Gasteiger partial charge in [-0.2, -0.15) is 0 Å². The van der Waals surface area contributed by atoms with Gasteiger partial charge in [-0.05, 0) is 57.6 Å². The van der Waals surface area contributed by atoms with E-state index in [0.29, 0.717) is 0 Å². The second-order valence-corrected chi connectivity index (χ2v) is 16.3. The summed E-state index contributed by atoms with van der Waals surface area (Å²) in [5.74, 6) is 1.54. The predicted octanol–water partition coefficient (Wildman–Crippen LogP) is 13.9. The lowest BCUT2D eigenvalue weighted by Gasteiger charge is -2.24. The normalized spacial score (nSPS) is 14.2. The Morgan fingerprint density at radius 1 is 0.393 bits per heavy atom. The van der Waals surface area contributed by atoms with E-state index in [1.165, 1.54) is 68.2 Å². The molecule has 264 valence electrons. The smallest absolute Gasteiger partial charge is 0.159 e. The fourth-order valence-corrected chi connectivity index (χ4v) is 10.4. The standard InChI is InChI=1S/C51H33N3S2/c1-3-13-32(14-4-1)34-17-11-18-36(29-34)50-52-49(33-15-5-2-6-16-33)53-51(54-50)37-26-28-42-44-23-12-22-43(48(44)56-47(42)31-37)39-20-8-7-19-38(39)35-25-27-41-40-21-9-10-24-45(40)55-46(41)30-35/h1-31,50H,(H,52,53,54). The summed E-state index contributed by atoms with van der Waals surface area (Å²) in [5.41, 5.74) is 10.4. The van der Waals surface area contributed by atoms with E-state index in [1.807, 2.05) is 28.7 Å². The molecule has 10 aromatic rings. The Morgan fingerprint density at radius 2 is 1.00 bits per heavy atom. The molecule has 56 heavy (non-hydrogen) atoms. The van der Waals surface area contributed by atoms with Crippen molar-refractivity contribution in [1.29, 1.82) is 0 Å². The molecule has 1 unspecified atom stereocenters. The van der Waals surface area contributed by atoms with Crippen LogP contribution in [0.2, 0.25) is 0 Å². The van der Waals surface area contributed by atoms with Crippen LogP contribution < -0.4 is 5.32 Å². The first-order valence-electron chi connectivity index (χ1n) is 18.8. The van der Waals surface area contributed by atoms with Gasteiger partial charge >= 0.3 is 0 Å². The van der Waals surface area contributed by atoms with Gasteiger partial charge in [0, 0.05) is 57.0 Å². The molecule has 3 heterocycles. The number of nitrogens with one attached hydrogen (secondary N) is 1. The Labute approximate surface area is 332 Å². The number of benzene rings is 8. The molecule has 0 bridgehead atoms. The quantitative estimate of drug-likeness (QED) is 0.180. The lowest BCUT2D eigenvalue weighted by Crippen LogP contribution is -2.33. The molecule has 0 spiro atoms. The van der Waals surface area contributed by atoms with Gasteiger partial charge in [0.25, 0.3) is 0 Å². The maximum atomic E-state index is 5.26. The van der Waals surface area contributed by atoms with Gasteiger partial charge in [-0.1, -0.05) is 164 Å². The van der Waals surface area contributed by atoms with Gasteiger partial charge in [-0.25, -0.2) is 9.98 Å². The van der Waals surface area contributed by atoms with Crippen LogP contribution in [-0.4, -0.2) is 11.7 Å². The zero-order valence-electron chi connectivity index (χ0n) is 30.2. The molecule has 0 fully saturated rings. The molecule has 0 saturated carbocycles. The second kappa shape index (κ2) is 13.6. The van der Waals surface area contributed by atoms with E-state index in [2.05, 4.69) is 187 Å². The van der Waals surface area contributed by atoms with E-state index >= 15 is 0 Å². The summed E-state index contributed by atoms with van der Waals surface area (Å²) >= 11 is 3.71. The molecule has 0 amide bonds. The summed E-state index contributed by atoms with van der Waals surface area (Å²) in [7, 11) is 0. The van der Waals surface area contributed by atoms with Crippen molar-refractivity contribution >= 4 is 74.7 Å². The minimum atomic E-state index is -0.297. The SMILES string of the molecule is c1ccc(C2=NC(c3ccc4c(c3)sc3c(-c5ccccc5-c5ccc6c(c5)sc5ccccc56)cccc34)=NC(c3cccc(-c4ccccc4)c3)N2)cc1. The fraction of sp³-hybridized carbons (Fsp3) is 0.0196. The summed E-state index contributed by atoms with van der Waals surface area (Å²) < 4.78 is 5.14. The molecule has 1 aliphatic rings. The van der Waals surface area contributed by atoms with Crippen molar-refractivity contribution in [2.75, 3.05) is 0 Å². The molecule has 0 saturated heterocycles. The van der Waals surface area contributed by atoms with Crippen LogP contribution in [-0.2, 0) is 0 Å². The highest BCUT2D eigenvalue weighted by molar-refractivity contribution is 7.26. The Morgan fingerprint density at radius 3 is 1.86 bits per heavy atom. The van der Waals surface area contributed by atoms with Gasteiger partial charge in [0.2, 0.25) is 0 Å². The van der Waals surface area contributed by atoms with Crippen molar-refractivity contribution < 1.29 is 0 Å². The number of aliphatic imine (C=N–C) groups is 2.